The maximum atomic E-state index is 12.4. The number of hydrogen-bond donors (Lipinski definition) is 0. The Hall–Kier alpha value is -2.73. The summed E-state index contributed by atoms with van der Waals surface area (Å²) in [6.07, 6.45) is 0. The molecule has 0 spiro atoms. The second kappa shape index (κ2) is 5.17. The average molecular weight is 323 g/mol. The first-order valence-electron chi connectivity index (χ1n) is 7.21. The van der Waals surface area contributed by atoms with Gasteiger partial charge in [0.05, 0.1) is 22.3 Å². The molecule has 0 bridgehead atoms. The smallest absolute Gasteiger partial charge is 0.268 e. The Morgan fingerprint density at radius 2 is 1.91 bits per heavy atom. The molecule has 0 unspecified atom stereocenters. The Balaban J connectivity index is 1.85. The number of fused-ring (bicyclic) bond motifs is 2. The molecular weight excluding hydrogens is 310 g/mol. The summed E-state index contributed by atoms with van der Waals surface area (Å²) in [5, 5.41) is 0.700. The maximum absolute atomic E-state index is 12.4. The van der Waals surface area contributed by atoms with Gasteiger partial charge in [0.15, 0.2) is 0 Å². The van der Waals surface area contributed by atoms with Gasteiger partial charge in [0.1, 0.15) is 5.65 Å². The van der Waals surface area contributed by atoms with Crippen molar-refractivity contribution in [3.05, 3.63) is 80.6 Å². The van der Waals surface area contributed by atoms with E-state index in [-0.39, 0.29) is 11.1 Å². The number of hydrogen-bond acceptors (Lipinski definition) is 4. The van der Waals surface area contributed by atoms with Crippen LogP contribution in [0.25, 0.3) is 15.7 Å². The number of rotatable bonds is 2. The predicted octanol–water partition coefficient (Wildman–Crippen LogP) is 2.43. The van der Waals surface area contributed by atoms with Crippen LogP contribution in [-0.2, 0) is 6.54 Å². The topological polar surface area (TPSA) is 56.4 Å². The van der Waals surface area contributed by atoms with E-state index < -0.39 is 0 Å². The van der Waals surface area contributed by atoms with Gasteiger partial charge < -0.3 is 0 Å². The van der Waals surface area contributed by atoms with Gasteiger partial charge in [-0.1, -0.05) is 29.7 Å². The van der Waals surface area contributed by atoms with E-state index in [1.165, 1.54) is 17.6 Å². The van der Waals surface area contributed by atoms with E-state index in [9.17, 15) is 9.59 Å². The van der Waals surface area contributed by atoms with E-state index in [2.05, 4.69) is 4.98 Å². The Morgan fingerprint density at radius 3 is 2.74 bits per heavy atom. The summed E-state index contributed by atoms with van der Waals surface area (Å²) in [7, 11) is 0. The molecule has 0 aliphatic rings. The van der Waals surface area contributed by atoms with E-state index in [1.54, 1.807) is 14.4 Å². The normalized spacial score (nSPS) is 11.3. The van der Waals surface area contributed by atoms with Crippen molar-refractivity contribution in [2.24, 2.45) is 0 Å². The third-order valence-corrected chi connectivity index (χ3v) is 4.86. The zero-order valence-electron chi connectivity index (χ0n) is 12.4. The Labute approximate surface area is 135 Å². The highest BCUT2D eigenvalue weighted by Crippen LogP contribution is 2.16. The third kappa shape index (κ3) is 2.27. The van der Waals surface area contributed by atoms with E-state index in [1.807, 2.05) is 43.3 Å². The average Bonchev–Trinajstić information content (AvgIpc) is 2.84. The number of aromatic nitrogens is 3. The maximum Gasteiger partial charge on any atom is 0.268 e. The van der Waals surface area contributed by atoms with E-state index in [4.69, 9.17) is 0 Å². The van der Waals surface area contributed by atoms with E-state index >= 15 is 0 Å². The first-order valence-corrected chi connectivity index (χ1v) is 7.98. The molecule has 1 aromatic carbocycles. The highest BCUT2D eigenvalue weighted by Gasteiger charge is 2.10. The molecule has 0 amide bonds. The highest BCUT2D eigenvalue weighted by atomic mass is 32.1. The van der Waals surface area contributed by atoms with Gasteiger partial charge in [-0.05, 0) is 31.2 Å². The lowest BCUT2D eigenvalue weighted by Gasteiger charge is -2.06. The molecule has 0 fully saturated rings. The van der Waals surface area contributed by atoms with Crippen LogP contribution in [0.2, 0.25) is 0 Å². The predicted molar refractivity (Wildman–Crippen MR) is 91.4 cm³/mol. The molecule has 0 aliphatic carbocycles. The van der Waals surface area contributed by atoms with Gasteiger partial charge in [-0.2, -0.15) is 0 Å². The summed E-state index contributed by atoms with van der Waals surface area (Å²) in [5.74, 6) is 0. The van der Waals surface area contributed by atoms with Crippen LogP contribution >= 0.6 is 11.5 Å². The zero-order valence-corrected chi connectivity index (χ0v) is 13.2. The van der Waals surface area contributed by atoms with Crippen LogP contribution < -0.4 is 11.1 Å². The van der Waals surface area contributed by atoms with Crippen molar-refractivity contribution in [3.8, 4) is 0 Å². The fraction of sp³-hybridized carbons (Fsp3) is 0.118. The first kappa shape index (κ1) is 13.9. The largest absolute Gasteiger partial charge is 0.269 e. The molecule has 0 aliphatic heterocycles. The molecule has 114 valence electrons. The van der Waals surface area contributed by atoms with Crippen molar-refractivity contribution in [2.75, 3.05) is 0 Å². The lowest BCUT2D eigenvalue weighted by molar-refractivity contribution is 0.812. The molecular formula is C17H13N3O2S. The fourth-order valence-electron chi connectivity index (χ4n) is 2.71. The summed E-state index contributed by atoms with van der Waals surface area (Å²) in [6.45, 7) is 2.17. The quantitative estimate of drug-likeness (QED) is 0.569. The summed E-state index contributed by atoms with van der Waals surface area (Å²) < 4.78 is 4.14. The number of aryl methyl sites for hydroxylation is 1. The van der Waals surface area contributed by atoms with Crippen LogP contribution in [0.1, 0.15) is 11.4 Å². The SMILES string of the molecule is Cc1cccc2nc(Cn3sc4ccccc4c3=O)cc(=O)n12. The molecule has 6 heteroatoms. The molecule has 0 N–H and O–H groups in total. The first-order chi connectivity index (χ1) is 11.1. The molecule has 0 radical (unpaired) electrons. The molecule has 0 atom stereocenters. The van der Waals surface area contributed by atoms with Crippen LogP contribution in [0, 0.1) is 6.92 Å². The molecule has 0 saturated heterocycles. The molecule has 23 heavy (non-hydrogen) atoms. The Bertz CT molecular complexity index is 1150. The molecule has 4 aromatic rings. The van der Waals surface area contributed by atoms with Gasteiger partial charge >= 0.3 is 0 Å². The Kier molecular flexibility index (Phi) is 3.12. The number of nitrogens with zero attached hydrogens (tertiary/aromatic N) is 3. The molecule has 3 aromatic heterocycles. The van der Waals surface area contributed by atoms with Gasteiger partial charge in [-0.25, -0.2) is 4.98 Å². The summed E-state index contributed by atoms with van der Waals surface area (Å²) >= 11 is 1.39. The second-order valence-corrected chi connectivity index (χ2v) is 6.44. The van der Waals surface area contributed by atoms with Gasteiger partial charge in [0.2, 0.25) is 0 Å². The minimum Gasteiger partial charge on any atom is -0.269 e. The van der Waals surface area contributed by atoms with Crippen LogP contribution in [-0.4, -0.2) is 13.3 Å². The summed E-state index contributed by atoms with van der Waals surface area (Å²) in [6, 6.07) is 14.5. The van der Waals surface area contributed by atoms with Crippen molar-refractivity contribution in [1.29, 1.82) is 0 Å². The van der Waals surface area contributed by atoms with Gasteiger partial charge in [-0.3, -0.25) is 17.9 Å². The standard InChI is InChI=1S/C17H13N3O2S/c1-11-5-4-8-15-18-12(9-16(21)20(11)15)10-19-17(22)13-6-2-3-7-14(13)23-19/h2-9H,10H2,1H3. The van der Waals surface area contributed by atoms with Crippen molar-refractivity contribution < 1.29 is 0 Å². The highest BCUT2D eigenvalue weighted by molar-refractivity contribution is 7.13. The van der Waals surface area contributed by atoms with Crippen LogP contribution in [0.3, 0.4) is 0 Å². The van der Waals surface area contributed by atoms with Crippen LogP contribution in [0.15, 0.2) is 58.1 Å². The monoisotopic (exact) mass is 323 g/mol. The van der Waals surface area contributed by atoms with Crippen molar-refractivity contribution in [2.45, 2.75) is 13.5 Å². The van der Waals surface area contributed by atoms with E-state index in [0.29, 0.717) is 23.3 Å². The number of benzene rings is 1. The lowest BCUT2D eigenvalue weighted by Crippen LogP contribution is -2.20. The Morgan fingerprint density at radius 1 is 1.09 bits per heavy atom. The molecule has 3 heterocycles. The van der Waals surface area contributed by atoms with E-state index in [0.717, 1.165) is 10.4 Å². The molecule has 0 saturated carbocycles. The van der Waals surface area contributed by atoms with Crippen molar-refractivity contribution >= 4 is 27.3 Å². The minimum absolute atomic E-state index is 0.0446. The van der Waals surface area contributed by atoms with Crippen molar-refractivity contribution in [3.63, 3.8) is 0 Å². The number of pyridine rings is 1. The molecule has 5 nitrogen and oxygen atoms in total. The van der Waals surface area contributed by atoms with Crippen LogP contribution in [0.4, 0.5) is 0 Å². The zero-order chi connectivity index (χ0) is 16.0. The third-order valence-electron chi connectivity index (χ3n) is 3.79. The van der Waals surface area contributed by atoms with Gasteiger partial charge in [0, 0.05) is 11.8 Å². The van der Waals surface area contributed by atoms with Gasteiger partial charge in [0.25, 0.3) is 11.1 Å². The second-order valence-electron chi connectivity index (χ2n) is 5.38. The van der Waals surface area contributed by atoms with Crippen molar-refractivity contribution in [1.82, 2.24) is 13.3 Å². The van der Waals surface area contributed by atoms with Gasteiger partial charge in [-0.15, -0.1) is 0 Å². The summed E-state index contributed by atoms with van der Waals surface area (Å²) in [4.78, 5) is 29.2. The fourth-order valence-corrected chi connectivity index (χ4v) is 3.72. The summed E-state index contributed by atoms with van der Waals surface area (Å²) in [5.41, 5.74) is 1.86. The molecule has 4 rings (SSSR count). The lowest BCUT2D eigenvalue weighted by atomic mass is 10.3. The van der Waals surface area contributed by atoms with Crippen LogP contribution in [0.5, 0.6) is 0 Å². The minimum atomic E-state index is -0.128.